The molecule has 2 aromatic carbocycles. The van der Waals surface area contributed by atoms with Crippen LogP contribution in [-0.4, -0.2) is 44.3 Å². The number of nitrogens with one attached hydrogen (secondary N) is 1. The molecule has 1 N–H and O–H groups in total. The van der Waals surface area contributed by atoms with Gasteiger partial charge in [0.05, 0.1) is 37.2 Å². The van der Waals surface area contributed by atoms with E-state index in [4.69, 9.17) is 9.47 Å². The maximum Gasteiger partial charge on any atom is 0.227 e. The second-order valence-corrected chi connectivity index (χ2v) is 7.94. The maximum atomic E-state index is 9.68. The Balaban J connectivity index is 1.32. The number of aromatic nitrogens is 5. The van der Waals surface area contributed by atoms with Crippen LogP contribution in [0.2, 0.25) is 0 Å². The highest BCUT2D eigenvalue weighted by Crippen LogP contribution is 2.28. The van der Waals surface area contributed by atoms with Crippen LogP contribution in [-0.2, 0) is 11.3 Å². The number of hydrogen-bond acceptors (Lipinski definition) is 8. The summed E-state index contributed by atoms with van der Waals surface area (Å²) in [4.78, 5) is 9.00. The van der Waals surface area contributed by atoms with E-state index in [1.165, 1.54) is 0 Å². The van der Waals surface area contributed by atoms with Crippen LogP contribution < -0.4 is 10.1 Å². The van der Waals surface area contributed by atoms with E-state index < -0.39 is 0 Å². The predicted molar refractivity (Wildman–Crippen MR) is 126 cm³/mol. The first-order valence-electron chi connectivity index (χ1n) is 11.1. The molecule has 0 radical (unpaired) electrons. The number of benzene rings is 2. The average Bonchev–Trinajstić information content (AvgIpc) is 3.38. The number of nitrogens with zero attached hydrogens (tertiary/aromatic N) is 6. The molecule has 34 heavy (non-hydrogen) atoms. The van der Waals surface area contributed by atoms with Gasteiger partial charge < -0.3 is 14.8 Å². The molecule has 0 amide bonds. The van der Waals surface area contributed by atoms with Crippen molar-refractivity contribution < 1.29 is 9.47 Å². The van der Waals surface area contributed by atoms with Gasteiger partial charge in [0.2, 0.25) is 5.95 Å². The largest absolute Gasteiger partial charge is 0.489 e. The Kier molecular flexibility index (Phi) is 6.40. The zero-order valence-corrected chi connectivity index (χ0v) is 18.5. The van der Waals surface area contributed by atoms with Crippen LogP contribution in [0.5, 0.6) is 5.75 Å². The molecule has 0 unspecified atom stereocenters. The quantitative estimate of drug-likeness (QED) is 0.448. The van der Waals surface area contributed by atoms with Crippen molar-refractivity contribution in [3.63, 3.8) is 0 Å². The lowest BCUT2D eigenvalue weighted by atomic mass is 10.1. The van der Waals surface area contributed by atoms with Gasteiger partial charge in [0.1, 0.15) is 17.9 Å². The highest BCUT2D eigenvalue weighted by Gasteiger charge is 2.17. The van der Waals surface area contributed by atoms with Gasteiger partial charge in [-0.3, -0.25) is 0 Å². The first-order valence-corrected chi connectivity index (χ1v) is 11.1. The molecule has 0 spiro atoms. The van der Waals surface area contributed by atoms with Crippen LogP contribution >= 0.6 is 0 Å². The van der Waals surface area contributed by atoms with Crippen molar-refractivity contribution in [1.29, 1.82) is 5.26 Å². The summed E-state index contributed by atoms with van der Waals surface area (Å²) in [5, 5.41) is 20.8. The van der Waals surface area contributed by atoms with Crippen molar-refractivity contribution in [2.45, 2.75) is 25.5 Å². The van der Waals surface area contributed by atoms with E-state index in [0.29, 0.717) is 42.7 Å². The Morgan fingerprint density at radius 1 is 1.12 bits per heavy atom. The SMILES string of the molecule is N#Cc1cc(-c2ccnc(Nc3cccc(Cn4ccnn4)c3)n2)ccc1OC1CCOCC1. The first-order chi connectivity index (χ1) is 16.8. The van der Waals surface area contributed by atoms with Gasteiger partial charge >= 0.3 is 0 Å². The van der Waals surface area contributed by atoms with Gasteiger partial charge in [-0.2, -0.15) is 5.26 Å². The summed E-state index contributed by atoms with van der Waals surface area (Å²) in [6.45, 7) is 1.99. The monoisotopic (exact) mass is 453 g/mol. The molecule has 1 aliphatic rings. The van der Waals surface area contributed by atoms with E-state index in [9.17, 15) is 5.26 Å². The Morgan fingerprint density at radius 3 is 2.85 bits per heavy atom. The smallest absolute Gasteiger partial charge is 0.227 e. The highest BCUT2D eigenvalue weighted by atomic mass is 16.5. The molecule has 9 heteroatoms. The average molecular weight is 454 g/mol. The van der Waals surface area contributed by atoms with Crippen molar-refractivity contribution in [2.24, 2.45) is 0 Å². The molecule has 9 nitrogen and oxygen atoms in total. The number of anilines is 2. The third-order valence-electron chi connectivity index (χ3n) is 5.51. The molecule has 1 fully saturated rings. The summed E-state index contributed by atoms with van der Waals surface area (Å²) in [5.74, 6) is 1.06. The highest BCUT2D eigenvalue weighted by molar-refractivity contribution is 5.66. The summed E-state index contributed by atoms with van der Waals surface area (Å²) in [6.07, 6.45) is 6.90. The van der Waals surface area contributed by atoms with Gasteiger partial charge in [-0.05, 0) is 42.0 Å². The molecule has 0 saturated carbocycles. The maximum absolute atomic E-state index is 9.68. The van der Waals surface area contributed by atoms with Crippen molar-refractivity contribution >= 4 is 11.6 Å². The Labute approximate surface area is 197 Å². The summed E-state index contributed by atoms with van der Waals surface area (Å²) in [5.41, 5.74) is 3.96. The zero-order chi connectivity index (χ0) is 23.2. The molecule has 0 atom stereocenters. The summed E-state index contributed by atoms with van der Waals surface area (Å²) in [7, 11) is 0. The third-order valence-corrected chi connectivity index (χ3v) is 5.51. The Hall–Kier alpha value is -4.29. The zero-order valence-electron chi connectivity index (χ0n) is 18.5. The van der Waals surface area contributed by atoms with Crippen LogP contribution in [0, 0.1) is 11.3 Å². The number of ether oxygens (including phenoxy) is 2. The lowest BCUT2D eigenvalue weighted by molar-refractivity contribution is 0.0254. The van der Waals surface area contributed by atoms with Crippen LogP contribution in [0.4, 0.5) is 11.6 Å². The molecule has 0 bridgehead atoms. The van der Waals surface area contributed by atoms with Crippen molar-refractivity contribution in [3.05, 3.63) is 78.2 Å². The van der Waals surface area contributed by atoms with Crippen molar-refractivity contribution in [3.8, 4) is 23.1 Å². The minimum absolute atomic E-state index is 0.0712. The summed E-state index contributed by atoms with van der Waals surface area (Å²) < 4.78 is 13.2. The summed E-state index contributed by atoms with van der Waals surface area (Å²) >= 11 is 0. The topological polar surface area (TPSA) is 111 Å². The molecule has 1 saturated heterocycles. The van der Waals surface area contributed by atoms with E-state index in [1.807, 2.05) is 48.7 Å². The molecule has 1 aliphatic heterocycles. The summed E-state index contributed by atoms with van der Waals surface area (Å²) in [6, 6.07) is 17.6. The van der Waals surface area contributed by atoms with Crippen LogP contribution in [0.1, 0.15) is 24.0 Å². The van der Waals surface area contributed by atoms with Crippen molar-refractivity contribution in [2.75, 3.05) is 18.5 Å². The fraction of sp³-hybridized carbons (Fsp3) is 0.240. The van der Waals surface area contributed by atoms with Gasteiger partial charge in [-0.25, -0.2) is 14.6 Å². The second-order valence-electron chi connectivity index (χ2n) is 7.94. The van der Waals surface area contributed by atoms with E-state index in [1.54, 1.807) is 23.1 Å². The molecule has 3 heterocycles. The number of rotatable bonds is 7. The van der Waals surface area contributed by atoms with E-state index in [0.717, 1.165) is 29.7 Å². The molecular weight excluding hydrogens is 430 g/mol. The third kappa shape index (κ3) is 5.19. The second kappa shape index (κ2) is 10.1. The van der Waals surface area contributed by atoms with Crippen LogP contribution in [0.15, 0.2) is 67.1 Å². The fourth-order valence-electron chi connectivity index (χ4n) is 3.81. The van der Waals surface area contributed by atoms with Gasteiger partial charge in [0, 0.05) is 36.5 Å². The number of hydrogen-bond donors (Lipinski definition) is 1. The normalized spacial score (nSPS) is 13.9. The lowest BCUT2D eigenvalue weighted by Crippen LogP contribution is -2.26. The lowest BCUT2D eigenvalue weighted by Gasteiger charge is -2.23. The van der Waals surface area contributed by atoms with Gasteiger partial charge in [-0.15, -0.1) is 5.10 Å². The predicted octanol–water partition coefficient (Wildman–Crippen LogP) is 3.96. The van der Waals surface area contributed by atoms with Crippen LogP contribution in [0.25, 0.3) is 11.3 Å². The molecular formula is C25H23N7O2. The van der Waals surface area contributed by atoms with Crippen LogP contribution in [0.3, 0.4) is 0 Å². The molecule has 5 rings (SSSR count). The van der Waals surface area contributed by atoms with E-state index in [2.05, 4.69) is 31.7 Å². The first kappa shape index (κ1) is 21.6. The molecule has 170 valence electrons. The fourth-order valence-corrected chi connectivity index (χ4v) is 3.81. The van der Waals surface area contributed by atoms with Gasteiger partial charge in [0.15, 0.2) is 0 Å². The Bertz CT molecular complexity index is 1290. The molecule has 4 aromatic rings. The molecule has 2 aromatic heterocycles. The van der Waals surface area contributed by atoms with E-state index >= 15 is 0 Å². The Morgan fingerprint density at radius 2 is 2.03 bits per heavy atom. The standard InChI is InChI=1S/C25H23N7O2/c26-16-20-15-19(4-5-24(20)34-22-7-12-33-13-8-22)23-6-9-27-25(30-23)29-21-3-1-2-18(14-21)17-32-11-10-28-31-32/h1-6,9-11,14-15,22H,7-8,12-13,17H2,(H,27,29,30). The van der Waals surface area contributed by atoms with Crippen molar-refractivity contribution in [1.82, 2.24) is 25.0 Å². The number of nitriles is 1. The minimum Gasteiger partial charge on any atom is -0.489 e. The van der Waals surface area contributed by atoms with Gasteiger partial charge in [-0.1, -0.05) is 17.3 Å². The molecule has 0 aliphatic carbocycles. The minimum atomic E-state index is 0.0712. The van der Waals surface area contributed by atoms with E-state index in [-0.39, 0.29) is 6.10 Å². The van der Waals surface area contributed by atoms with Gasteiger partial charge in [0.25, 0.3) is 0 Å².